The van der Waals surface area contributed by atoms with Crippen LogP contribution >= 0.6 is 11.8 Å². The van der Waals surface area contributed by atoms with Crippen molar-refractivity contribution in [3.63, 3.8) is 0 Å². The fourth-order valence-corrected chi connectivity index (χ4v) is 2.46. The van der Waals surface area contributed by atoms with Gasteiger partial charge in [0.05, 0.1) is 6.61 Å². The third kappa shape index (κ3) is 3.60. The molecule has 0 bridgehead atoms. The highest BCUT2D eigenvalue weighted by atomic mass is 32.2. The predicted octanol–water partition coefficient (Wildman–Crippen LogP) is 3.08. The molecule has 2 rings (SSSR count). The minimum Gasteiger partial charge on any atom is -0.490 e. The molecule has 2 aromatic rings. The quantitative estimate of drug-likeness (QED) is 0.447. The van der Waals surface area contributed by atoms with Gasteiger partial charge in [0.1, 0.15) is 5.82 Å². The molecule has 0 amide bonds. The van der Waals surface area contributed by atoms with Crippen molar-refractivity contribution < 1.29 is 9.13 Å². The molecule has 0 radical (unpaired) electrons. The van der Waals surface area contributed by atoms with E-state index < -0.39 is 0 Å². The first kappa shape index (κ1) is 14.6. The van der Waals surface area contributed by atoms with E-state index in [2.05, 4.69) is 16.8 Å². The summed E-state index contributed by atoms with van der Waals surface area (Å²) in [6.07, 6.45) is 1.80. The van der Waals surface area contributed by atoms with Crippen LogP contribution in [0.3, 0.4) is 0 Å². The average Bonchev–Trinajstić information content (AvgIpc) is 2.79. The van der Waals surface area contributed by atoms with Crippen LogP contribution in [0.5, 0.6) is 5.75 Å². The van der Waals surface area contributed by atoms with Crippen molar-refractivity contribution in [1.82, 2.24) is 14.8 Å². The van der Waals surface area contributed by atoms with Gasteiger partial charge in [-0.3, -0.25) is 0 Å². The summed E-state index contributed by atoms with van der Waals surface area (Å²) < 4.78 is 20.7. The molecule has 0 N–H and O–H groups in total. The van der Waals surface area contributed by atoms with Crippen LogP contribution in [0.2, 0.25) is 0 Å². The van der Waals surface area contributed by atoms with E-state index in [9.17, 15) is 4.39 Å². The summed E-state index contributed by atoms with van der Waals surface area (Å²) in [4.78, 5) is 0. The Kier molecular flexibility index (Phi) is 5.17. The number of thioether (sulfide) groups is 1. The van der Waals surface area contributed by atoms with E-state index in [4.69, 9.17) is 4.74 Å². The van der Waals surface area contributed by atoms with E-state index in [0.29, 0.717) is 18.9 Å². The van der Waals surface area contributed by atoms with Crippen molar-refractivity contribution in [2.75, 3.05) is 12.4 Å². The van der Waals surface area contributed by atoms with Crippen LogP contribution < -0.4 is 4.74 Å². The Balaban J connectivity index is 1.85. The van der Waals surface area contributed by atoms with Crippen molar-refractivity contribution in [1.29, 1.82) is 0 Å². The number of allylic oxidation sites excluding steroid dienone is 1. The van der Waals surface area contributed by atoms with E-state index in [0.717, 1.165) is 11.0 Å². The molecule has 0 saturated carbocycles. The van der Waals surface area contributed by atoms with Gasteiger partial charge < -0.3 is 9.30 Å². The van der Waals surface area contributed by atoms with Gasteiger partial charge in [-0.05, 0) is 19.1 Å². The van der Waals surface area contributed by atoms with E-state index in [1.54, 1.807) is 24.3 Å². The molecule has 1 aromatic heterocycles. The number of hydrogen-bond donors (Lipinski definition) is 0. The predicted molar refractivity (Wildman–Crippen MR) is 77.6 cm³/mol. The number of para-hydroxylation sites is 1. The first-order valence-corrected chi connectivity index (χ1v) is 7.21. The second-order valence-electron chi connectivity index (χ2n) is 4.06. The highest BCUT2D eigenvalue weighted by Gasteiger charge is 2.08. The fourth-order valence-electron chi connectivity index (χ4n) is 1.65. The molecule has 20 heavy (non-hydrogen) atoms. The number of nitrogens with zero attached hydrogens (tertiary/aromatic N) is 3. The SMILES string of the molecule is C=CCn1c(C)nnc1SCCOc1ccccc1F. The number of rotatable bonds is 7. The highest BCUT2D eigenvalue weighted by molar-refractivity contribution is 7.99. The van der Waals surface area contributed by atoms with Crippen molar-refractivity contribution in [3.05, 3.63) is 48.6 Å². The number of aryl methyl sites for hydroxylation is 1. The summed E-state index contributed by atoms with van der Waals surface area (Å²) in [6, 6.07) is 6.38. The van der Waals surface area contributed by atoms with Gasteiger partial charge in [-0.2, -0.15) is 0 Å². The average molecular weight is 293 g/mol. The maximum absolute atomic E-state index is 13.3. The molecule has 0 aliphatic carbocycles. The molecule has 0 aliphatic heterocycles. The number of benzene rings is 1. The van der Waals surface area contributed by atoms with Crippen LogP contribution in [-0.4, -0.2) is 27.1 Å². The summed E-state index contributed by atoms with van der Waals surface area (Å²) in [5.41, 5.74) is 0. The van der Waals surface area contributed by atoms with Crippen LogP contribution in [0.4, 0.5) is 4.39 Å². The standard InChI is InChI=1S/C14H16FN3OS/c1-3-8-18-11(2)16-17-14(18)20-10-9-19-13-7-5-4-6-12(13)15/h3-7H,1,8-10H2,2H3. The van der Waals surface area contributed by atoms with E-state index in [1.807, 2.05) is 11.5 Å². The first-order chi connectivity index (χ1) is 9.72. The van der Waals surface area contributed by atoms with Gasteiger partial charge in [-0.25, -0.2) is 4.39 Å². The van der Waals surface area contributed by atoms with Gasteiger partial charge >= 0.3 is 0 Å². The minimum absolute atomic E-state index is 0.275. The molecule has 0 unspecified atom stereocenters. The lowest BCUT2D eigenvalue weighted by atomic mass is 10.3. The lowest BCUT2D eigenvalue weighted by molar-refractivity contribution is 0.325. The molecule has 106 valence electrons. The number of halogens is 1. The molecular weight excluding hydrogens is 277 g/mol. The Bertz CT molecular complexity index is 586. The Labute approximate surface area is 121 Å². The summed E-state index contributed by atoms with van der Waals surface area (Å²) >= 11 is 1.53. The Hall–Kier alpha value is -1.82. The molecule has 6 heteroatoms. The van der Waals surface area contributed by atoms with Crippen molar-refractivity contribution in [2.24, 2.45) is 0 Å². The third-order valence-corrected chi connectivity index (χ3v) is 3.55. The molecule has 0 spiro atoms. The summed E-state index contributed by atoms with van der Waals surface area (Å²) in [7, 11) is 0. The zero-order chi connectivity index (χ0) is 14.4. The zero-order valence-corrected chi connectivity index (χ0v) is 12.1. The van der Waals surface area contributed by atoms with Gasteiger partial charge in [0, 0.05) is 12.3 Å². The maximum Gasteiger partial charge on any atom is 0.191 e. The van der Waals surface area contributed by atoms with Gasteiger partial charge in [-0.15, -0.1) is 16.8 Å². The fraction of sp³-hybridized carbons (Fsp3) is 0.286. The molecular formula is C14H16FN3OS. The molecule has 0 aliphatic rings. The van der Waals surface area contributed by atoms with Gasteiger partial charge in [0.15, 0.2) is 16.7 Å². The Morgan fingerprint density at radius 3 is 2.95 bits per heavy atom. The molecule has 4 nitrogen and oxygen atoms in total. The van der Waals surface area contributed by atoms with E-state index >= 15 is 0 Å². The lowest BCUT2D eigenvalue weighted by Gasteiger charge is -2.07. The number of hydrogen-bond acceptors (Lipinski definition) is 4. The van der Waals surface area contributed by atoms with E-state index in [1.165, 1.54) is 17.8 Å². The van der Waals surface area contributed by atoms with Crippen LogP contribution in [-0.2, 0) is 6.54 Å². The zero-order valence-electron chi connectivity index (χ0n) is 11.3. The van der Waals surface area contributed by atoms with Gasteiger partial charge in [0.2, 0.25) is 0 Å². The van der Waals surface area contributed by atoms with Crippen molar-refractivity contribution in [2.45, 2.75) is 18.6 Å². The largest absolute Gasteiger partial charge is 0.490 e. The van der Waals surface area contributed by atoms with Gasteiger partial charge in [0.25, 0.3) is 0 Å². The first-order valence-electron chi connectivity index (χ1n) is 6.23. The summed E-state index contributed by atoms with van der Waals surface area (Å²) in [6.45, 7) is 6.70. The smallest absolute Gasteiger partial charge is 0.191 e. The Morgan fingerprint density at radius 2 is 2.20 bits per heavy atom. The third-order valence-electron chi connectivity index (χ3n) is 2.62. The van der Waals surface area contributed by atoms with Gasteiger partial charge in [-0.1, -0.05) is 30.0 Å². The van der Waals surface area contributed by atoms with Crippen LogP contribution in [0, 0.1) is 12.7 Å². The number of ether oxygens (including phenoxy) is 1. The molecule has 0 fully saturated rings. The molecule has 1 aromatic carbocycles. The second kappa shape index (κ2) is 7.09. The maximum atomic E-state index is 13.3. The summed E-state index contributed by atoms with van der Waals surface area (Å²) in [5, 5.41) is 8.94. The van der Waals surface area contributed by atoms with E-state index in [-0.39, 0.29) is 11.6 Å². The number of aromatic nitrogens is 3. The topological polar surface area (TPSA) is 39.9 Å². The van der Waals surface area contributed by atoms with Crippen LogP contribution in [0.15, 0.2) is 42.1 Å². The lowest BCUT2D eigenvalue weighted by Crippen LogP contribution is -2.04. The minimum atomic E-state index is -0.344. The summed E-state index contributed by atoms with van der Waals surface area (Å²) in [5.74, 6) is 1.45. The molecule has 0 atom stereocenters. The van der Waals surface area contributed by atoms with Crippen molar-refractivity contribution >= 4 is 11.8 Å². The molecule has 0 saturated heterocycles. The monoisotopic (exact) mass is 293 g/mol. The highest BCUT2D eigenvalue weighted by Crippen LogP contribution is 2.19. The molecule has 1 heterocycles. The second-order valence-corrected chi connectivity index (χ2v) is 5.12. The van der Waals surface area contributed by atoms with Crippen LogP contribution in [0.25, 0.3) is 0 Å². The normalized spacial score (nSPS) is 10.5. The Morgan fingerprint density at radius 1 is 1.40 bits per heavy atom. The van der Waals surface area contributed by atoms with Crippen LogP contribution in [0.1, 0.15) is 5.82 Å². The van der Waals surface area contributed by atoms with Crippen molar-refractivity contribution in [3.8, 4) is 5.75 Å².